The Bertz CT molecular complexity index is 779. The predicted octanol–water partition coefficient (Wildman–Crippen LogP) is 4.80. The fourth-order valence-electron chi connectivity index (χ4n) is 2.04. The summed E-state index contributed by atoms with van der Waals surface area (Å²) in [6, 6.07) is 8.99. The number of nitro benzene ring substituents is 1. The van der Waals surface area contributed by atoms with E-state index in [9.17, 15) is 14.9 Å². The molecule has 8 heteroatoms. The van der Waals surface area contributed by atoms with E-state index < -0.39 is 10.9 Å². The van der Waals surface area contributed by atoms with Crippen LogP contribution in [0.15, 0.2) is 36.4 Å². The highest BCUT2D eigenvalue weighted by molar-refractivity contribution is 6.35. The molecule has 126 valence electrons. The quantitative estimate of drug-likeness (QED) is 0.415. The number of esters is 1. The van der Waals surface area contributed by atoms with Crippen molar-refractivity contribution in [2.24, 2.45) is 0 Å². The average molecular weight is 370 g/mol. The molecule has 0 heterocycles. The van der Waals surface area contributed by atoms with Gasteiger partial charge in [0.2, 0.25) is 5.75 Å². The Balaban J connectivity index is 2.39. The summed E-state index contributed by atoms with van der Waals surface area (Å²) < 4.78 is 10.4. The number of halogens is 2. The Labute approximate surface area is 148 Å². The molecule has 0 unspecified atom stereocenters. The van der Waals surface area contributed by atoms with Crippen LogP contribution in [0.5, 0.6) is 11.5 Å². The summed E-state index contributed by atoms with van der Waals surface area (Å²) in [5.41, 5.74) is -0.113. The minimum Gasteiger partial charge on any atom is -0.466 e. The fourth-order valence-corrected chi connectivity index (χ4v) is 2.49. The minimum atomic E-state index is -0.603. The zero-order valence-electron chi connectivity index (χ0n) is 12.6. The highest BCUT2D eigenvalue weighted by atomic mass is 35.5. The molecule has 2 aromatic rings. The van der Waals surface area contributed by atoms with Gasteiger partial charge in [0.1, 0.15) is 5.75 Å². The second kappa shape index (κ2) is 7.99. The molecule has 0 atom stereocenters. The summed E-state index contributed by atoms with van der Waals surface area (Å²) in [7, 11) is 0. The van der Waals surface area contributed by atoms with Crippen LogP contribution < -0.4 is 4.74 Å². The number of nitro groups is 1. The maximum absolute atomic E-state index is 11.6. The van der Waals surface area contributed by atoms with E-state index in [0.717, 1.165) is 0 Å². The lowest BCUT2D eigenvalue weighted by Gasteiger charge is -2.10. The van der Waals surface area contributed by atoms with Crippen molar-refractivity contribution in [3.8, 4) is 11.5 Å². The van der Waals surface area contributed by atoms with Crippen LogP contribution in [-0.2, 0) is 16.0 Å². The summed E-state index contributed by atoms with van der Waals surface area (Å²) in [5.74, 6) is -0.356. The van der Waals surface area contributed by atoms with Gasteiger partial charge in [0.15, 0.2) is 0 Å². The summed E-state index contributed by atoms with van der Waals surface area (Å²) >= 11 is 11.8. The molecule has 0 aliphatic rings. The molecule has 0 amide bonds. The van der Waals surface area contributed by atoms with Crippen molar-refractivity contribution in [2.75, 3.05) is 6.61 Å². The van der Waals surface area contributed by atoms with Crippen LogP contribution in [0.4, 0.5) is 5.69 Å². The van der Waals surface area contributed by atoms with E-state index in [2.05, 4.69) is 0 Å². The molecule has 0 saturated carbocycles. The smallest absolute Gasteiger partial charge is 0.315 e. The lowest BCUT2D eigenvalue weighted by molar-refractivity contribution is -0.386. The van der Waals surface area contributed by atoms with Gasteiger partial charge in [-0.1, -0.05) is 35.3 Å². The van der Waals surface area contributed by atoms with Crippen LogP contribution in [-0.4, -0.2) is 17.5 Å². The number of rotatable bonds is 6. The van der Waals surface area contributed by atoms with Gasteiger partial charge in [-0.25, -0.2) is 0 Å². The molecule has 24 heavy (non-hydrogen) atoms. The van der Waals surface area contributed by atoms with Gasteiger partial charge in [0.25, 0.3) is 0 Å². The molecule has 0 saturated heterocycles. The monoisotopic (exact) mass is 369 g/mol. The summed E-state index contributed by atoms with van der Waals surface area (Å²) in [4.78, 5) is 22.5. The van der Waals surface area contributed by atoms with Gasteiger partial charge < -0.3 is 9.47 Å². The predicted molar refractivity (Wildman–Crippen MR) is 90.0 cm³/mol. The molecule has 0 radical (unpaired) electrons. The topological polar surface area (TPSA) is 78.7 Å². The molecule has 0 fully saturated rings. The molecule has 6 nitrogen and oxygen atoms in total. The van der Waals surface area contributed by atoms with Gasteiger partial charge in [-0.2, -0.15) is 0 Å². The van der Waals surface area contributed by atoms with Crippen molar-refractivity contribution >= 4 is 34.9 Å². The summed E-state index contributed by atoms with van der Waals surface area (Å²) in [6.45, 7) is 1.86. The fraction of sp³-hybridized carbons (Fsp3) is 0.188. The van der Waals surface area contributed by atoms with Gasteiger partial charge >= 0.3 is 11.7 Å². The second-order valence-electron chi connectivity index (χ2n) is 4.68. The molecule has 0 bridgehead atoms. The Hall–Kier alpha value is -2.31. The van der Waals surface area contributed by atoms with Crippen molar-refractivity contribution < 1.29 is 19.2 Å². The van der Waals surface area contributed by atoms with E-state index in [0.29, 0.717) is 5.02 Å². The standard InChI is InChI=1S/C16H13Cl2NO5/c1-2-23-15(20)8-10-4-3-5-14(16(10)19(21)22)24-13-7-6-11(17)9-12(13)18/h3-7,9H,2,8H2,1H3. The first-order chi connectivity index (χ1) is 11.4. The van der Waals surface area contributed by atoms with Gasteiger partial charge in [0.05, 0.1) is 23.0 Å². The van der Waals surface area contributed by atoms with Crippen LogP contribution in [0.2, 0.25) is 10.0 Å². The Morgan fingerprint density at radius 1 is 1.21 bits per heavy atom. The summed E-state index contributed by atoms with van der Waals surface area (Å²) in [5, 5.41) is 12.1. The minimum absolute atomic E-state index is 0.0222. The SMILES string of the molecule is CCOC(=O)Cc1cccc(Oc2ccc(Cl)cc2Cl)c1[N+](=O)[O-]. The molecule has 0 aliphatic heterocycles. The van der Waals surface area contributed by atoms with E-state index in [1.165, 1.54) is 24.3 Å². The number of para-hydroxylation sites is 1. The molecule has 0 N–H and O–H groups in total. The zero-order valence-corrected chi connectivity index (χ0v) is 14.1. The number of nitrogens with zero attached hydrogens (tertiary/aromatic N) is 1. The molecule has 0 aromatic heterocycles. The van der Waals surface area contributed by atoms with E-state index in [1.54, 1.807) is 19.1 Å². The van der Waals surface area contributed by atoms with Crippen molar-refractivity contribution in [3.63, 3.8) is 0 Å². The van der Waals surface area contributed by atoms with E-state index in [-0.39, 0.29) is 40.8 Å². The van der Waals surface area contributed by atoms with Crippen LogP contribution in [0.25, 0.3) is 0 Å². The van der Waals surface area contributed by atoms with Crippen molar-refractivity contribution in [2.45, 2.75) is 13.3 Å². The molecule has 2 rings (SSSR count). The molecule has 0 aliphatic carbocycles. The summed E-state index contributed by atoms with van der Waals surface area (Å²) in [6.07, 6.45) is -0.226. The lowest BCUT2D eigenvalue weighted by Crippen LogP contribution is -2.09. The third kappa shape index (κ3) is 4.37. The molecular formula is C16H13Cl2NO5. The van der Waals surface area contributed by atoms with Crippen molar-refractivity contribution in [1.82, 2.24) is 0 Å². The third-order valence-corrected chi connectivity index (χ3v) is 3.55. The van der Waals surface area contributed by atoms with Gasteiger partial charge in [0, 0.05) is 10.6 Å². The van der Waals surface area contributed by atoms with Gasteiger partial charge in [-0.05, 0) is 31.2 Å². The highest BCUT2D eigenvalue weighted by Crippen LogP contribution is 2.38. The number of ether oxygens (including phenoxy) is 2. The number of carbonyl (C=O) groups excluding carboxylic acids is 1. The second-order valence-corrected chi connectivity index (χ2v) is 5.52. The third-order valence-electron chi connectivity index (χ3n) is 3.02. The Kier molecular flexibility index (Phi) is 6.00. The van der Waals surface area contributed by atoms with E-state index >= 15 is 0 Å². The first-order valence-electron chi connectivity index (χ1n) is 6.97. The zero-order chi connectivity index (χ0) is 17.7. The number of hydrogen-bond donors (Lipinski definition) is 0. The maximum atomic E-state index is 11.6. The van der Waals surface area contributed by atoms with Crippen LogP contribution >= 0.6 is 23.2 Å². The van der Waals surface area contributed by atoms with Gasteiger partial charge in [-0.15, -0.1) is 0 Å². The first kappa shape index (κ1) is 18.0. The first-order valence-corrected chi connectivity index (χ1v) is 7.72. The van der Waals surface area contributed by atoms with Crippen LogP contribution in [0.3, 0.4) is 0 Å². The molecule has 2 aromatic carbocycles. The van der Waals surface area contributed by atoms with Crippen molar-refractivity contribution in [1.29, 1.82) is 0 Å². The van der Waals surface area contributed by atoms with E-state index in [1.807, 2.05) is 0 Å². The Morgan fingerprint density at radius 3 is 2.58 bits per heavy atom. The molecule has 0 spiro atoms. The van der Waals surface area contributed by atoms with Crippen molar-refractivity contribution in [3.05, 3.63) is 62.1 Å². The number of hydrogen-bond acceptors (Lipinski definition) is 5. The highest BCUT2D eigenvalue weighted by Gasteiger charge is 2.24. The van der Waals surface area contributed by atoms with Gasteiger partial charge in [-0.3, -0.25) is 14.9 Å². The van der Waals surface area contributed by atoms with Crippen LogP contribution in [0.1, 0.15) is 12.5 Å². The Morgan fingerprint density at radius 2 is 1.96 bits per heavy atom. The largest absolute Gasteiger partial charge is 0.466 e. The number of carbonyl (C=O) groups is 1. The average Bonchev–Trinajstić information content (AvgIpc) is 2.50. The maximum Gasteiger partial charge on any atom is 0.315 e. The normalized spacial score (nSPS) is 10.3. The molecular weight excluding hydrogens is 357 g/mol. The lowest BCUT2D eigenvalue weighted by atomic mass is 10.1. The van der Waals surface area contributed by atoms with Crippen LogP contribution in [0, 0.1) is 10.1 Å². The number of benzene rings is 2. The van der Waals surface area contributed by atoms with E-state index in [4.69, 9.17) is 32.7 Å².